The van der Waals surface area contributed by atoms with Gasteiger partial charge in [-0.25, -0.2) is 9.07 Å². The molecule has 1 aliphatic rings. The van der Waals surface area contributed by atoms with Crippen molar-refractivity contribution in [2.24, 2.45) is 0 Å². The molecule has 1 atom stereocenters. The van der Waals surface area contributed by atoms with Crippen LogP contribution in [0, 0.1) is 5.82 Å². The molecule has 0 radical (unpaired) electrons. The second-order valence-corrected chi connectivity index (χ2v) is 7.40. The number of nitrogens with one attached hydrogen (secondary N) is 1. The number of hydrogen-bond acceptors (Lipinski definition) is 3. The minimum Gasteiger partial charge on any atom is -0.493 e. The smallest absolute Gasteiger partial charge is 0.124 e. The summed E-state index contributed by atoms with van der Waals surface area (Å²) >= 11 is 0. The molecule has 0 amide bonds. The number of fused-ring (bicyclic) bond motifs is 1. The number of benzene rings is 3. The lowest BCUT2D eigenvalue weighted by Crippen LogP contribution is -2.26. The molecule has 150 valence electrons. The largest absolute Gasteiger partial charge is 0.493 e. The van der Waals surface area contributed by atoms with Gasteiger partial charge < -0.3 is 10.1 Å². The molecule has 30 heavy (non-hydrogen) atoms. The van der Waals surface area contributed by atoms with Gasteiger partial charge in [-0.2, -0.15) is 5.10 Å². The lowest BCUT2D eigenvalue weighted by Gasteiger charge is -2.26. The van der Waals surface area contributed by atoms with Gasteiger partial charge in [-0.1, -0.05) is 36.4 Å². The molecule has 0 aliphatic carbocycles. The number of rotatable bonds is 5. The van der Waals surface area contributed by atoms with Crippen LogP contribution in [0.15, 0.2) is 85.1 Å². The van der Waals surface area contributed by atoms with Gasteiger partial charge in [-0.15, -0.1) is 0 Å². The summed E-state index contributed by atoms with van der Waals surface area (Å²) in [4.78, 5) is 0. The number of ether oxygens (including phenoxy) is 1. The zero-order valence-corrected chi connectivity index (χ0v) is 16.5. The zero-order chi connectivity index (χ0) is 20.3. The van der Waals surface area contributed by atoms with Crippen molar-refractivity contribution in [1.29, 1.82) is 0 Å². The van der Waals surface area contributed by atoms with Gasteiger partial charge in [0.05, 0.1) is 18.0 Å². The third-order valence-electron chi connectivity index (χ3n) is 5.43. The van der Waals surface area contributed by atoms with Crippen LogP contribution < -0.4 is 10.1 Å². The van der Waals surface area contributed by atoms with Crippen molar-refractivity contribution < 1.29 is 9.13 Å². The molecule has 0 bridgehead atoms. The molecule has 1 aliphatic heterocycles. The zero-order valence-electron chi connectivity index (χ0n) is 16.5. The summed E-state index contributed by atoms with van der Waals surface area (Å²) in [6, 6.07) is 24.9. The van der Waals surface area contributed by atoms with Crippen LogP contribution in [0.25, 0.3) is 16.9 Å². The molecule has 2 heterocycles. The van der Waals surface area contributed by atoms with E-state index in [4.69, 9.17) is 9.84 Å². The summed E-state index contributed by atoms with van der Waals surface area (Å²) < 4.78 is 21.1. The minimum atomic E-state index is -0.250. The first kappa shape index (κ1) is 18.6. The summed E-state index contributed by atoms with van der Waals surface area (Å²) in [5.41, 5.74) is 4.99. The second kappa shape index (κ2) is 8.13. The monoisotopic (exact) mass is 399 g/mol. The van der Waals surface area contributed by atoms with E-state index in [1.54, 1.807) is 12.1 Å². The van der Waals surface area contributed by atoms with Crippen LogP contribution in [0.3, 0.4) is 0 Å². The summed E-state index contributed by atoms with van der Waals surface area (Å²) in [5.74, 6) is 0.694. The van der Waals surface area contributed by atoms with E-state index >= 15 is 0 Å². The number of aromatic nitrogens is 2. The lowest BCUT2D eigenvalue weighted by molar-refractivity contribution is 0.252. The third-order valence-corrected chi connectivity index (χ3v) is 5.43. The van der Waals surface area contributed by atoms with Crippen LogP contribution >= 0.6 is 0 Å². The number of hydrogen-bond donors (Lipinski definition) is 1. The maximum atomic E-state index is 13.5. The van der Waals surface area contributed by atoms with E-state index in [1.165, 1.54) is 17.7 Å². The van der Waals surface area contributed by atoms with E-state index in [2.05, 4.69) is 11.4 Å². The predicted molar refractivity (Wildman–Crippen MR) is 115 cm³/mol. The highest BCUT2D eigenvalue weighted by Gasteiger charge is 2.21. The maximum absolute atomic E-state index is 13.5. The van der Waals surface area contributed by atoms with Gasteiger partial charge in [-0.3, -0.25) is 0 Å². The van der Waals surface area contributed by atoms with Crippen LogP contribution in [0.1, 0.15) is 23.6 Å². The number of para-hydroxylation sites is 2. The van der Waals surface area contributed by atoms with E-state index in [-0.39, 0.29) is 11.9 Å². The quantitative estimate of drug-likeness (QED) is 0.495. The molecule has 0 spiro atoms. The Balaban J connectivity index is 1.46. The minimum absolute atomic E-state index is 0.219. The summed E-state index contributed by atoms with van der Waals surface area (Å²) in [7, 11) is 0. The molecule has 4 nitrogen and oxygen atoms in total. The van der Waals surface area contributed by atoms with E-state index < -0.39 is 0 Å². The van der Waals surface area contributed by atoms with Crippen LogP contribution in [0.2, 0.25) is 0 Å². The maximum Gasteiger partial charge on any atom is 0.124 e. The van der Waals surface area contributed by atoms with E-state index in [0.717, 1.165) is 34.7 Å². The Bertz CT molecular complexity index is 1140. The fraction of sp³-hybridized carbons (Fsp3) is 0.160. The van der Waals surface area contributed by atoms with Gasteiger partial charge in [0.1, 0.15) is 11.6 Å². The van der Waals surface area contributed by atoms with E-state index in [1.807, 2.05) is 59.4 Å². The van der Waals surface area contributed by atoms with Crippen molar-refractivity contribution in [3.05, 3.63) is 102 Å². The molecular formula is C25H22FN3O. The van der Waals surface area contributed by atoms with Gasteiger partial charge in [-0.05, 0) is 42.5 Å². The average molecular weight is 399 g/mol. The molecule has 1 unspecified atom stereocenters. The first-order chi connectivity index (χ1) is 14.8. The highest BCUT2D eigenvalue weighted by molar-refractivity contribution is 5.63. The first-order valence-corrected chi connectivity index (χ1v) is 10.1. The predicted octanol–water partition coefficient (Wildman–Crippen LogP) is 5.29. The number of halogens is 1. The molecule has 5 heteroatoms. The molecule has 0 saturated heterocycles. The molecule has 3 aromatic carbocycles. The van der Waals surface area contributed by atoms with Crippen LogP contribution in [0.5, 0.6) is 5.75 Å². The Hall–Kier alpha value is -3.44. The Morgan fingerprint density at radius 3 is 2.57 bits per heavy atom. The van der Waals surface area contributed by atoms with Crippen LogP contribution in [0.4, 0.5) is 4.39 Å². The van der Waals surface area contributed by atoms with Crippen molar-refractivity contribution >= 4 is 0 Å². The molecule has 1 aromatic heterocycles. The van der Waals surface area contributed by atoms with Crippen molar-refractivity contribution in [3.63, 3.8) is 0 Å². The second-order valence-electron chi connectivity index (χ2n) is 7.40. The topological polar surface area (TPSA) is 39.1 Å². The molecule has 0 saturated carbocycles. The summed E-state index contributed by atoms with van der Waals surface area (Å²) in [6.45, 7) is 1.35. The van der Waals surface area contributed by atoms with Crippen LogP contribution in [-0.2, 0) is 6.54 Å². The number of nitrogens with zero attached hydrogens (tertiary/aromatic N) is 2. The Kier molecular flexibility index (Phi) is 5.03. The SMILES string of the molecule is Fc1ccc(-c2nn(-c3ccccc3)cc2CNC2CCOc3ccccc32)cc1. The normalized spacial score (nSPS) is 15.4. The van der Waals surface area contributed by atoms with E-state index in [0.29, 0.717) is 13.2 Å². The van der Waals surface area contributed by atoms with Crippen molar-refractivity contribution in [2.75, 3.05) is 6.61 Å². The van der Waals surface area contributed by atoms with Gasteiger partial charge in [0.15, 0.2) is 0 Å². The molecule has 4 aromatic rings. The van der Waals surface area contributed by atoms with Crippen molar-refractivity contribution in [3.8, 4) is 22.7 Å². The summed E-state index contributed by atoms with van der Waals surface area (Å²) in [6.07, 6.45) is 2.96. The molecule has 0 fully saturated rings. The van der Waals surface area contributed by atoms with Gasteiger partial charge in [0, 0.05) is 41.9 Å². The average Bonchev–Trinajstić information content (AvgIpc) is 3.23. The Morgan fingerprint density at radius 2 is 1.73 bits per heavy atom. The molecule has 5 rings (SSSR count). The third kappa shape index (κ3) is 3.72. The van der Waals surface area contributed by atoms with Gasteiger partial charge in [0.2, 0.25) is 0 Å². The fourth-order valence-electron chi connectivity index (χ4n) is 3.89. The van der Waals surface area contributed by atoms with Crippen LogP contribution in [-0.4, -0.2) is 16.4 Å². The lowest BCUT2D eigenvalue weighted by atomic mass is 10.00. The van der Waals surface area contributed by atoms with Crippen molar-refractivity contribution in [2.45, 2.75) is 19.0 Å². The standard InChI is InChI=1S/C25H22FN3O/c26-20-12-10-18(11-13-20)25-19(17-29(28-25)21-6-2-1-3-7-21)16-27-23-14-15-30-24-9-5-4-8-22(23)24/h1-13,17,23,27H,14-16H2. The van der Waals surface area contributed by atoms with E-state index in [9.17, 15) is 4.39 Å². The summed E-state index contributed by atoms with van der Waals surface area (Å²) in [5, 5.41) is 8.49. The highest BCUT2D eigenvalue weighted by Crippen LogP contribution is 2.32. The first-order valence-electron chi connectivity index (χ1n) is 10.1. The highest BCUT2D eigenvalue weighted by atomic mass is 19.1. The molecule has 1 N–H and O–H groups in total. The van der Waals surface area contributed by atoms with Gasteiger partial charge >= 0.3 is 0 Å². The van der Waals surface area contributed by atoms with Crippen molar-refractivity contribution in [1.82, 2.24) is 15.1 Å². The fourth-order valence-corrected chi connectivity index (χ4v) is 3.89. The Morgan fingerprint density at radius 1 is 0.967 bits per heavy atom. The van der Waals surface area contributed by atoms with Gasteiger partial charge in [0.25, 0.3) is 0 Å². The molecular weight excluding hydrogens is 377 g/mol. The Labute approximate surface area is 174 Å².